The molecule has 2 N–H and O–H groups in total. The molecular formula is C24H23ClN4O2. The smallest absolute Gasteiger partial charge is 0.276 e. The van der Waals surface area contributed by atoms with Gasteiger partial charge in [-0.1, -0.05) is 41.4 Å². The molecule has 1 unspecified atom stereocenters. The second kappa shape index (κ2) is 8.32. The molecule has 2 amide bonds. The van der Waals surface area contributed by atoms with E-state index in [0.29, 0.717) is 21.8 Å². The van der Waals surface area contributed by atoms with Crippen molar-refractivity contribution in [2.45, 2.75) is 13.1 Å². The number of carbonyl (C=O) groups is 2. The number of hydrogen-bond donors (Lipinski definition) is 2. The molecule has 1 aliphatic rings. The number of halogens is 1. The number of fused-ring (bicyclic) bond motifs is 1. The van der Waals surface area contributed by atoms with Crippen LogP contribution in [0, 0.1) is 6.92 Å². The molecule has 1 heterocycles. The summed E-state index contributed by atoms with van der Waals surface area (Å²) in [6.07, 6.45) is -0.577. The number of nitrogens with zero attached hydrogens (tertiary/aromatic N) is 2. The maximum absolute atomic E-state index is 13.4. The van der Waals surface area contributed by atoms with Crippen LogP contribution in [0.2, 0.25) is 5.02 Å². The second-order valence-corrected chi connectivity index (χ2v) is 8.14. The highest BCUT2D eigenvalue weighted by atomic mass is 35.5. The molecule has 3 aromatic rings. The molecule has 4 rings (SSSR count). The Morgan fingerprint density at radius 3 is 2.35 bits per heavy atom. The minimum absolute atomic E-state index is 0.335. The lowest BCUT2D eigenvalue weighted by Gasteiger charge is -2.38. The Morgan fingerprint density at radius 1 is 1.03 bits per heavy atom. The number of anilines is 2. The molecule has 0 spiro atoms. The van der Waals surface area contributed by atoms with E-state index in [4.69, 9.17) is 11.6 Å². The van der Waals surface area contributed by atoms with Gasteiger partial charge >= 0.3 is 0 Å². The molecule has 0 bridgehead atoms. The lowest BCUT2D eigenvalue weighted by molar-refractivity contribution is 0.0491. The van der Waals surface area contributed by atoms with E-state index in [1.165, 1.54) is 5.01 Å². The van der Waals surface area contributed by atoms with E-state index >= 15 is 0 Å². The molecule has 3 aromatic carbocycles. The van der Waals surface area contributed by atoms with E-state index in [1.54, 1.807) is 30.3 Å². The van der Waals surface area contributed by atoms with Gasteiger partial charge in [0.2, 0.25) is 0 Å². The summed E-state index contributed by atoms with van der Waals surface area (Å²) in [6, 6.07) is 20.1. The summed E-state index contributed by atoms with van der Waals surface area (Å²) in [5.74, 6) is -0.700. The van der Waals surface area contributed by atoms with Crippen molar-refractivity contribution in [3.05, 3.63) is 94.0 Å². The summed E-state index contributed by atoms with van der Waals surface area (Å²) in [5, 5.41) is 5.13. The molecule has 6 nitrogen and oxygen atoms in total. The minimum Gasteiger partial charge on any atom is -0.378 e. The average molecular weight is 435 g/mol. The van der Waals surface area contributed by atoms with E-state index in [0.717, 1.165) is 16.8 Å². The zero-order chi connectivity index (χ0) is 22.1. The zero-order valence-corrected chi connectivity index (χ0v) is 18.3. The first-order chi connectivity index (χ1) is 14.8. The first-order valence-corrected chi connectivity index (χ1v) is 10.3. The Bertz CT molecular complexity index is 1130. The van der Waals surface area contributed by atoms with Crippen LogP contribution in [0.25, 0.3) is 0 Å². The number of carbonyl (C=O) groups excluding carboxylic acids is 2. The van der Waals surface area contributed by atoms with Gasteiger partial charge in [0.25, 0.3) is 11.8 Å². The third-order valence-corrected chi connectivity index (χ3v) is 5.48. The maximum atomic E-state index is 13.4. The largest absolute Gasteiger partial charge is 0.378 e. The number of hydrazine groups is 1. The van der Waals surface area contributed by atoms with Gasteiger partial charge in [0.05, 0.1) is 5.56 Å². The molecule has 0 fully saturated rings. The number of rotatable bonds is 4. The van der Waals surface area contributed by atoms with Gasteiger partial charge in [-0.15, -0.1) is 0 Å². The van der Waals surface area contributed by atoms with Crippen LogP contribution in [-0.4, -0.2) is 30.9 Å². The van der Waals surface area contributed by atoms with Gasteiger partial charge < -0.3 is 10.2 Å². The van der Waals surface area contributed by atoms with Crippen LogP contribution in [0.1, 0.15) is 38.0 Å². The number of benzene rings is 3. The molecule has 0 aliphatic carbocycles. The second-order valence-electron chi connectivity index (χ2n) is 7.70. The van der Waals surface area contributed by atoms with E-state index in [-0.39, 0.29) is 11.8 Å². The van der Waals surface area contributed by atoms with E-state index < -0.39 is 6.17 Å². The van der Waals surface area contributed by atoms with Crippen molar-refractivity contribution in [2.75, 3.05) is 24.3 Å². The van der Waals surface area contributed by atoms with Gasteiger partial charge in [0.1, 0.15) is 6.17 Å². The number of aryl methyl sites for hydroxylation is 1. The lowest BCUT2D eigenvalue weighted by Crippen LogP contribution is -2.52. The van der Waals surface area contributed by atoms with E-state index in [1.807, 2.05) is 62.3 Å². The Balaban J connectivity index is 1.71. The average Bonchev–Trinajstić information content (AvgIpc) is 2.76. The minimum atomic E-state index is -0.577. The Morgan fingerprint density at radius 2 is 1.71 bits per heavy atom. The topological polar surface area (TPSA) is 64.7 Å². The highest BCUT2D eigenvalue weighted by Gasteiger charge is 2.34. The fourth-order valence-electron chi connectivity index (χ4n) is 3.46. The standard InChI is InChI=1S/C24H23ClN4O2/c1-15-4-6-17(7-5-15)23(30)27-29-22(16-8-11-19(12-9-16)28(2)3)26-21-13-10-18(25)14-20(21)24(29)31/h4-14,22,26H,1-3H3,(H,27,30). The maximum Gasteiger partial charge on any atom is 0.276 e. The van der Waals surface area contributed by atoms with Crippen molar-refractivity contribution >= 4 is 34.8 Å². The highest BCUT2D eigenvalue weighted by molar-refractivity contribution is 6.31. The normalized spacial score (nSPS) is 15.2. The number of hydrogen-bond acceptors (Lipinski definition) is 4. The molecule has 0 radical (unpaired) electrons. The first kappa shape index (κ1) is 20.8. The van der Waals surface area contributed by atoms with Crippen molar-refractivity contribution < 1.29 is 9.59 Å². The number of amides is 2. The van der Waals surface area contributed by atoms with Crippen molar-refractivity contribution in [2.24, 2.45) is 0 Å². The van der Waals surface area contributed by atoms with Gasteiger partial charge in [-0.25, -0.2) is 5.01 Å². The van der Waals surface area contributed by atoms with Crippen LogP contribution in [0.4, 0.5) is 11.4 Å². The van der Waals surface area contributed by atoms with Gasteiger partial charge in [-0.3, -0.25) is 15.0 Å². The number of nitrogens with one attached hydrogen (secondary N) is 2. The van der Waals surface area contributed by atoms with Gasteiger partial charge in [0.15, 0.2) is 0 Å². The molecule has 158 valence electrons. The molecule has 1 atom stereocenters. The molecule has 7 heteroatoms. The van der Waals surface area contributed by atoms with Crippen molar-refractivity contribution in [3.8, 4) is 0 Å². The Kier molecular flexibility index (Phi) is 5.57. The first-order valence-electron chi connectivity index (χ1n) is 9.88. The zero-order valence-electron chi connectivity index (χ0n) is 17.5. The van der Waals surface area contributed by atoms with Crippen LogP contribution < -0.4 is 15.6 Å². The summed E-state index contributed by atoms with van der Waals surface area (Å²) in [6.45, 7) is 1.95. The highest BCUT2D eigenvalue weighted by Crippen LogP contribution is 2.34. The summed E-state index contributed by atoms with van der Waals surface area (Å²) in [7, 11) is 3.93. The third kappa shape index (κ3) is 4.20. The SMILES string of the molecule is Cc1ccc(C(=O)NN2C(=O)c3cc(Cl)ccc3NC2c2ccc(N(C)C)cc2)cc1. The lowest BCUT2D eigenvalue weighted by atomic mass is 10.0. The summed E-state index contributed by atoms with van der Waals surface area (Å²) < 4.78 is 0. The van der Waals surface area contributed by atoms with Gasteiger partial charge in [0, 0.05) is 36.1 Å². The molecular weight excluding hydrogens is 412 g/mol. The molecule has 31 heavy (non-hydrogen) atoms. The Labute approximate surface area is 186 Å². The van der Waals surface area contributed by atoms with Crippen LogP contribution >= 0.6 is 11.6 Å². The van der Waals surface area contributed by atoms with Crippen LogP contribution in [-0.2, 0) is 0 Å². The quantitative estimate of drug-likeness (QED) is 0.628. The predicted molar refractivity (Wildman–Crippen MR) is 123 cm³/mol. The molecule has 1 aliphatic heterocycles. The van der Waals surface area contributed by atoms with Crippen LogP contribution in [0.5, 0.6) is 0 Å². The van der Waals surface area contributed by atoms with E-state index in [2.05, 4.69) is 10.7 Å². The van der Waals surface area contributed by atoms with Crippen molar-refractivity contribution in [1.82, 2.24) is 10.4 Å². The summed E-state index contributed by atoms with van der Waals surface area (Å²) in [4.78, 5) is 28.3. The molecule has 0 aromatic heterocycles. The third-order valence-electron chi connectivity index (χ3n) is 5.24. The van der Waals surface area contributed by atoms with Gasteiger partial charge in [-0.05, 0) is 55.0 Å². The fourth-order valence-corrected chi connectivity index (χ4v) is 3.63. The van der Waals surface area contributed by atoms with Crippen LogP contribution in [0.15, 0.2) is 66.7 Å². The Hall–Kier alpha value is -3.51. The van der Waals surface area contributed by atoms with Gasteiger partial charge in [-0.2, -0.15) is 0 Å². The van der Waals surface area contributed by atoms with Crippen molar-refractivity contribution in [3.63, 3.8) is 0 Å². The molecule has 0 saturated heterocycles. The monoisotopic (exact) mass is 434 g/mol. The van der Waals surface area contributed by atoms with E-state index in [9.17, 15) is 9.59 Å². The fraction of sp³-hybridized carbons (Fsp3) is 0.167. The summed E-state index contributed by atoms with van der Waals surface area (Å²) in [5.41, 5.74) is 7.24. The predicted octanol–water partition coefficient (Wildman–Crippen LogP) is 4.63. The van der Waals surface area contributed by atoms with Crippen LogP contribution in [0.3, 0.4) is 0 Å². The van der Waals surface area contributed by atoms with Crippen molar-refractivity contribution in [1.29, 1.82) is 0 Å². The molecule has 0 saturated carbocycles. The summed E-state index contributed by atoms with van der Waals surface area (Å²) >= 11 is 6.12.